The van der Waals surface area contributed by atoms with Crippen LogP contribution in [0, 0.1) is 0 Å². The Morgan fingerprint density at radius 2 is 1.90 bits per heavy atom. The maximum atomic E-state index is 12.0. The Labute approximate surface area is 120 Å². The van der Waals surface area contributed by atoms with Crippen molar-refractivity contribution in [3.05, 3.63) is 55.3 Å². The summed E-state index contributed by atoms with van der Waals surface area (Å²) in [6.45, 7) is 0. The van der Waals surface area contributed by atoms with Gasteiger partial charge in [0.1, 0.15) is 16.1 Å². The molecule has 3 aromatic rings. The normalized spacial score (nSPS) is 10.8. The highest BCUT2D eigenvalue weighted by atomic mass is 35.5. The van der Waals surface area contributed by atoms with Crippen LogP contribution in [0.15, 0.2) is 44.3 Å². The fraction of sp³-hybridized carbons (Fsp3) is 0. The molecule has 0 bridgehead atoms. The molecule has 0 unspecified atom stereocenters. The molecule has 0 aliphatic carbocycles. The number of fused-ring (bicyclic) bond motifs is 1. The van der Waals surface area contributed by atoms with Gasteiger partial charge >= 0.3 is 5.63 Å². The number of aromatic hydroxyl groups is 1. The summed E-state index contributed by atoms with van der Waals surface area (Å²) in [4.78, 5) is 27.3. The lowest BCUT2D eigenvalue weighted by Gasteiger charge is -2.02. The van der Waals surface area contributed by atoms with Crippen LogP contribution in [0.1, 0.15) is 0 Å². The summed E-state index contributed by atoms with van der Waals surface area (Å²) in [7, 11) is 0. The van der Waals surface area contributed by atoms with Crippen molar-refractivity contribution in [3.8, 4) is 16.3 Å². The van der Waals surface area contributed by atoms with Gasteiger partial charge in [0.15, 0.2) is 0 Å². The first-order valence-electron chi connectivity index (χ1n) is 5.48. The highest BCUT2D eigenvalue weighted by Gasteiger charge is 2.13. The Balaban J connectivity index is 2.32. The number of hydrogen-bond acceptors (Lipinski definition) is 6. The SMILES string of the molecule is O=c1cc(O)c2c(=O)sc(-c3ccc(Cl)cc3)nc2o1. The Bertz CT molecular complexity index is 914. The summed E-state index contributed by atoms with van der Waals surface area (Å²) in [5.41, 5.74) is -0.270. The summed E-state index contributed by atoms with van der Waals surface area (Å²) < 4.78 is 4.43. The van der Waals surface area contributed by atoms with Gasteiger partial charge in [-0.15, -0.1) is 0 Å². The van der Waals surface area contributed by atoms with Gasteiger partial charge in [-0.2, -0.15) is 0 Å². The molecular weight excluding hydrogens is 302 g/mol. The van der Waals surface area contributed by atoms with Crippen molar-refractivity contribution in [3.63, 3.8) is 0 Å². The zero-order chi connectivity index (χ0) is 14.3. The van der Waals surface area contributed by atoms with Crippen molar-refractivity contribution in [2.45, 2.75) is 0 Å². The minimum Gasteiger partial charge on any atom is -0.507 e. The number of hydrogen-bond donors (Lipinski definition) is 1. The summed E-state index contributed by atoms with van der Waals surface area (Å²) in [5.74, 6) is -0.423. The second kappa shape index (κ2) is 4.73. The molecule has 100 valence electrons. The van der Waals surface area contributed by atoms with E-state index in [-0.39, 0.29) is 11.1 Å². The minimum atomic E-state index is -0.764. The molecular formula is C13H6ClNO4S. The number of benzene rings is 1. The molecule has 0 aliphatic rings. The van der Waals surface area contributed by atoms with Crippen molar-refractivity contribution in [1.29, 1.82) is 0 Å². The molecule has 0 saturated heterocycles. The third-order valence-electron chi connectivity index (χ3n) is 2.61. The Morgan fingerprint density at radius 3 is 2.60 bits per heavy atom. The van der Waals surface area contributed by atoms with E-state index in [4.69, 9.17) is 16.0 Å². The van der Waals surface area contributed by atoms with E-state index < -0.39 is 16.1 Å². The smallest absolute Gasteiger partial charge is 0.341 e. The minimum absolute atomic E-state index is 0.0905. The van der Waals surface area contributed by atoms with Crippen LogP contribution in [0.5, 0.6) is 5.75 Å². The van der Waals surface area contributed by atoms with E-state index in [0.717, 1.165) is 17.4 Å². The predicted molar refractivity (Wildman–Crippen MR) is 76.5 cm³/mol. The standard InChI is InChI=1S/C13H6ClNO4S/c14-7-3-1-6(2-4-7)12-15-11-10(13(18)20-12)8(16)5-9(17)19-11/h1-5,16H. The van der Waals surface area contributed by atoms with E-state index in [1.165, 1.54) is 0 Å². The van der Waals surface area contributed by atoms with Crippen molar-refractivity contribution in [2.24, 2.45) is 0 Å². The molecule has 0 saturated carbocycles. The largest absolute Gasteiger partial charge is 0.507 e. The van der Waals surface area contributed by atoms with E-state index >= 15 is 0 Å². The van der Waals surface area contributed by atoms with Crippen LogP contribution < -0.4 is 10.4 Å². The van der Waals surface area contributed by atoms with Crippen LogP contribution in [0.3, 0.4) is 0 Å². The summed E-state index contributed by atoms with van der Waals surface area (Å²) in [6.07, 6.45) is 0. The van der Waals surface area contributed by atoms with Crippen molar-refractivity contribution >= 4 is 34.0 Å². The molecule has 0 fully saturated rings. The Kier molecular flexibility index (Phi) is 3.04. The number of aromatic nitrogens is 1. The highest BCUT2D eigenvalue weighted by Crippen LogP contribution is 2.25. The monoisotopic (exact) mass is 307 g/mol. The van der Waals surface area contributed by atoms with Crippen molar-refractivity contribution < 1.29 is 9.52 Å². The third-order valence-corrected chi connectivity index (χ3v) is 3.77. The van der Waals surface area contributed by atoms with Gasteiger partial charge in [-0.3, -0.25) is 4.79 Å². The molecule has 5 nitrogen and oxygen atoms in total. The number of halogens is 1. The topological polar surface area (TPSA) is 80.4 Å². The highest BCUT2D eigenvalue weighted by molar-refractivity contribution is 7.13. The summed E-state index contributed by atoms with van der Waals surface area (Å²) in [5, 5.41) is 10.5. The molecule has 0 spiro atoms. The number of nitrogens with zero attached hydrogens (tertiary/aromatic N) is 1. The van der Waals surface area contributed by atoms with Gasteiger partial charge in [-0.05, 0) is 12.1 Å². The van der Waals surface area contributed by atoms with Crippen LogP contribution in [0.25, 0.3) is 21.7 Å². The molecule has 0 radical (unpaired) electrons. The number of rotatable bonds is 1. The molecule has 7 heteroatoms. The molecule has 2 heterocycles. The molecule has 20 heavy (non-hydrogen) atoms. The molecule has 1 N–H and O–H groups in total. The first-order valence-corrected chi connectivity index (χ1v) is 6.68. The van der Waals surface area contributed by atoms with Gasteiger partial charge in [0.25, 0.3) is 4.74 Å². The second-order valence-corrected chi connectivity index (χ2v) is 5.34. The van der Waals surface area contributed by atoms with Crippen LogP contribution in [-0.2, 0) is 0 Å². The Morgan fingerprint density at radius 1 is 1.20 bits per heavy atom. The molecule has 0 atom stereocenters. The van der Waals surface area contributed by atoms with E-state index in [0.29, 0.717) is 15.6 Å². The van der Waals surface area contributed by atoms with Gasteiger partial charge < -0.3 is 9.52 Å². The second-order valence-electron chi connectivity index (χ2n) is 3.94. The summed E-state index contributed by atoms with van der Waals surface area (Å²) >= 11 is 6.65. The van der Waals surface area contributed by atoms with E-state index in [2.05, 4.69) is 4.98 Å². The van der Waals surface area contributed by atoms with Crippen LogP contribution in [-0.4, -0.2) is 10.1 Å². The van der Waals surface area contributed by atoms with Crippen LogP contribution in [0.4, 0.5) is 0 Å². The van der Waals surface area contributed by atoms with Crippen LogP contribution >= 0.6 is 22.9 Å². The lowest BCUT2D eigenvalue weighted by Crippen LogP contribution is -2.04. The van der Waals surface area contributed by atoms with E-state index in [1.54, 1.807) is 24.3 Å². The fourth-order valence-corrected chi connectivity index (χ4v) is 2.69. The molecule has 0 aliphatic heterocycles. The maximum Gasteiger partial charge on any atom is 0.341 e. The first-order chi connectivity index (χ1) is 9.54. The summed E-state index contributed by atoms with van der Waals surface area (Å²) in [6, 6.07) is 7.58. The van der Waals surface area contributed by atoms with Gasteiger partial charge in [0.2, 0.25) is 5.71 Å². The van der Waals surface area contributed by atoms with Gasteiger partial charge in [-0.1, -0.05) is 35.1 Å². The predicted octanol–water partition coefficient (Wildman–Crippen LogP) is 2.64. The lowest BCUT2D eigenvalue weighted by molar-refractivity contribution is 0.466. The lowest BCUT2D eigenvalue weighted by atomic mass is 10.2. The van der Waals surface area contributed by atoms with Crippen LogP contribution in [0.2, 0.25) is 5.02 Å². The maximum absolute atomic E-state index is 12.0. The fourth-order valence-electron chi connectivity index (χ4n) is 1.71. The third kappa shape index (κ3) is 2.19. The zero-order valence-electron chi connectivity index (χ0n) is 9.79. The average molecular weight is 308 g/mol. The molecule has 3 rings (SSSR count). The van der Waals surface area contributed by atoms with Gasteiger partial charge in [0.05, 0.1) is 6.07 Å². The first kappa shape index (κ1) is 12.8. The van der Waals surface area contributed by atoms with Crippen molar-refractivity contribution in [2.75, 3.05) is 0 Å². The van der Waals surface area contributed by atoms with Gasteiger partial charge in [0, 0.05) is 10.6 Å². The zero-order valence-corrected chi connectivity index (χ0v) is 11.4. The molecule has 0 amide bonds. The molecule has 1 aromatic carbocycles. The van der Waals surface area contributed by atoms with E-state index in [9.17, 15) is 14.7 Å². The Hall–Kier alpha value is -2.18. The average Bonchev–Trinajstić information content (AvgIpc) is 2.38. The van der Waals surface area contributed by atoms with Crippen molar-refractivity contribution in [1.82, 2.24) is 4.98 Å². The van der Waals surface area contributed by atoms with E-state index in [1.807, 2.05) is 0 Å². The quantitative estimate of drug-likeness (QED) is 0.747. The molecule has 2 aromatic heterocycles. The van der Waals surface area contributed by atoms with Gasteiger partial charge in [-0.25, -0.2) is 9.78 Å².